The molecular weight excluding hydrogens is 268 g/mol. The minimum atomic E-state index is -0.0827. The molecule has 1 atom stereocenters. The first kappa shape index (κ1) is 15.8. The highest BCUT2D eigenvalue weighted by Gasteiger charge is 2.16. The highest BCUT2D eigenvalue weighted by molar-refractivity contribution is 5.44. The first-order valence-electron chi connectivity index (χ1n) is 7.85. The van der Waals surface area contributed by atoms with Crippen molar-refractivity contribution < 1.29 is 5.11 Å². The van der Waals surface area contributed by atoms with Crippen molar-refractivity contribution in [3.05, 3.63) is 0 Å². The lowest BCUT2D eigenvalue weighted by Crippen LogP contribution is -2.32. The van der Waals surface area contributed by atoms with E-state index in [0.29, 0.717) is 11.9 Å². The molecule has 0 saturated carbocycles. The molecule has 0 amide bonds. The number of aliphatic hydroxyl groups is 1. The third-order valence-corrected chi connectivity index (χ3v) is 3.44. The summed E-state index contributed by atoms with van der Waals surface area (Å²) in [4.78, 5) is 15.6. The summed E-state index contributed by atoms with van der Waals surface area (Å²) in [5.41, 5.74) is 0. The molecule has 0 radical (unpaired) electrons. The van der Waals surface area contributed by atoms with Gasteiger partial charge in [-0.2, -0.15) is 15.0 Å². The van der Waals surface area contributed by atoms with Gasteiger partial charge in [-0.15, -0.1) is 0 Å². The molecule has 1 unspecified atom stereocenters. The standard InChI is InChI=1S/C14H26N6O/c1-3-7-15-12-17-13(16-11(2)10-21)19-14(18-12)20-8-5-4-6-9-20/h11,21H,3-10H2,1-2H3,(H2,15,16,17,18,19). The van der Waals surface area contributed by atoms with Crippen LogP contribution in [-0.4, -0.2) is 52.3 Å². The Morgan fingerprint density at radius 3 is 2.52 bits per heavy atom. The summed E-state index contributed by atoms with van der Waals surface area (Å²) in [6.45, 7) is 6.86. The maximum Gasteiger partial charge on any atom is 0.231 e. The van der Waals surface area contributed by atoms with Gasteiger partial charge in [0.2, 0.25) is 17.8 Å². The van der Waals surface area contributed by atoms with E-state index in [-0.39, 0.29) is 12.6 Å². The van der Waals surface area contributed by atoms with Gasteiger partial charge in [-0.25, -0.2) is 0 Å². The number of aromatic nitrogens is 3. The second-order valence-electron chi connectivity index (χ2n) is 5.49. The van der Waals surface area contributed by atoms with Crippen LogP contribution in [0.5, 0.6) is 0 Å². The Bertz CT molecular complexity index is 435. The summed E-state index contributed by atoms with van der Waals surface area (Å²) < 4.78 is 0. The van der Waals surface area contributed by atoms with Crippen molar-refractivity contribution in [3.63, 3.8) is 0 Å². The maximum atomic E-state index is 9.17. The molecule has 1 fully saturated rings. The number of nitrogens with one attached hydrogen (secondary N) is 2. The Balaban J connectivity index is 2.18. The third-order valence-electron chi connectivity index (χ3n) is 3.44. The van der Waals surface area contributed by atoms with Crippen LogP contribution in [0.1, 0.15) is 39.5 Å². The molecule has 0 spiro atoms. The lowest BCUT2D eigenvalue weighted by Gasteiger charge is -2.27. The number of piperidine rings is 1. The Morgan fingerprint density at radius 2 is 1.86 bits per heavy atom. The van der Waals surface area contributed by atoms with Crippen LogP contribution in [0.4, 0.5) is 17.8 Å². The predicted molar refractivity (Wildman–Crippen MR) is 84.8 cm³/mol. The van der Waals surface area contributed by atoms with Crippen LogP contribution in [-0.2, 0) is 0 Å². The van der Waals surface area contributed by atoms with Crippen LogP contribution in [0.25, 0.3) is 0 Å². The van der Waals surface area contributed by atoms with Crippen molar-refractivity contribution in [1.82, 2.24) is 15.0 Å². The minimum Gasteiger partial charge on any atom is -0.394 e. The van der Waals surface area contributed by atoms with E-state index in [0.717, 1.165) is 32.0 Å². The van der Waals surface area contributed by atoms with Crippen molar-refractivity contribution in [1.29, 1.82) is 0 Å². The van der Waals surface area contributed by atoms with Gasteiger partial charge in [0.05, 0.1) is 6.61 Å². The molecule has 1 saturated heterocycles. The van der Waals surface area contributed by atoms with E-state index in [1.165, 1.54) is 19.3 Å². The van der Waals surface area contributed by atoms with Crippen LogP contribution in [0, 0.1) is 0 Å². The number of hydrogen-bond donors (Lipinski definition) is 3. The summed E-state index contributed by atoms with van der Waals surface area (Å²) in [6, 6.07) is -0.0827. The van der Waals surface area contributed by atoms with E-state index in [2.05, 4.69) is 37.4 Å². The average molecular weight is 294 g/mol. The molecule has 7 nitrogen and oxygen atoms in total. The van der Waals surface area contributed by atoms with Crippen LogP contribution >= 0.6 is 0 Å². The van der Waals surface area contributed by atoms with Gasteiger partial charge in [-0.3, -0.25) is 0 Å². The second-order valence-corrected chi connectivity index (χ2v) is 5.49. The van der Waals surface area contributed by atoms with Gasteiger partial charge in [-0.05, 0) is 32.6 Å². The smallest absolute Gasteiger partial charge is 0.231 e. The van der Waals surface area contributed by atoms with Crippen molar-refractivity contribution >= 4 is 17.8 Å². The molecule has 1 aromatic rings. The van der Waals surface area contributed by atoms with Gasteiger partial charge >= 0.3 is 0 Å². The molecule has 21 heavy (non-hydrogen) atoms. The zero-order chi connectivity index (χ0) is 15.1. The van der Waals surface area contributed by atoms with E-state index >= 15 is 0 Å². The molecule has 0 aliphatic carbocycles. The van der Waals surface area contributed by atoms with E-state index in [1.807, 2.05) is 6.92 Å². The summed E-state index contributed by atoms with van der Waals surface area (Å²) in [7, 11) is 0. The van der Waals surface area contributed by atoms with Crippen molar-refractivity contribution in [3.8, 4) is 0 Å². The lowest BCUT2D eigenvalue weighted by atomic mass is 10.1. The summed E-state index contributed by atoms with van der Waals surface area (Å²) in [5.74, 6) is 1.83. The van der Waals surface area contributed by atoms with Crippen LogP contribution in [0.15, 0.2) is 0 Å². The van der Waals surface area contributed by atoms with E-state index in [4.69, 9.17) is 5.11 Å². The monoisotopic (exact) mass is 294 g/mol. The van der Waals surface area contributed by atoms with Crippen LogP contribution in [0.2, 0.25) is 0 Å². The molecule has 0 bridgehead atoms. The van der Waals surface area contributed by atoms with Crippen molar-refractivity contribution in [2.45, 2.75) is 45.6 Å². The van der Waals surface area contributed by atoms with Crippen molar-refractivity contribution in [2.75, 3.05) is 41.8 Å². The fraction of sp³-hybridized carbons (Fsp3) is 0.786. The SMILES string of the molecule is CCCNc1nc(NC(C)CO)nc(N2CCCCC2)n1. The van der Waals surface area contributed by atoms with Gasteiger partial charge in [0.15, 0.2) is 0 Å². The predicted octanol–water partition coefficient (Wildman–Crippen LogP) is 1.48. The molecular formula is C14H26N6O. The van der Waals surface area contributed by atoms with E-state index < -0.39 is 0 Å². The number of anilines is 3. The Kier molecular flexibility index (Phi) is 5.98. The van der Waals surface area contributed by atoms with Gasteiger partial charge in [-0.1, -0.05) is 6.92 Å². The maximum absolute atomic E-state index is 9.17. The van der Waals surface area contributed by atoms with E-state index in [9.17, 15) is 0 Å². The molecule has 1 aliphatic heterocycles. The highest BCUT2D eigenvalue weighted by Crippen LogP contribution is 2.18. The molecule has 2 rings (SSSR count). The highest BCUT2D eigenvalue weighted by atomic mass is 16.3. The number of nitrogens with zero attached hydrogens (tertiary/aromatic N) is 4. The van der Waals surface area contributed by atoms with Crippen LogP contribution in [0.3, 0.4) is 0 Å². The quantitative estimate of drug-likeness (QED) is 0.702. The topological polar surface area (TPSA) is 86.2 Å². The Hall–Kier alpha value is -1.63. The molecule has 118 valence electrons. The Labute approximate surface area is 126 Å². The number of rotatable bonds is 7. The molecule has 2 heterocycles. The molecule has 1 aliphatic rings. The number of aliphatic hydroxyl groups excluding tert-OH is 1. The normalized spacial score (nSPS) is 16.6. The molecule has 3 N–H and O–H groups in total. The zero-order valence-electron chi connectivity index (χ0n) is 13.0. The molecule has 0 aromatic carbocycles. The third kappa shape index (κ3) is 4.70. The molecule has 7 heteroatoms. The first-order chi connectivity index (χ1) is 10.2. The zero-order valence-corrected chi connectivity index (χ0v) is 13.0. The summed E-state index contributed by atoms with van der Waals surface area (Å²) in [5, 5.41) is 15.5. The first-order valence-corrected chi connectivity index (χ1v) is 7.85. The fourth-order valence-corrected chi connectivity index (χ4v) is 2.25. The fourth-order valence-electron chi connectivity index (χ4n) is 2.25. The van der Waals surface area contributed by atoms with Crippen molar-refractivity contribution in [2.24, 2.45) is 0 Å². The molecule has 1 aromatic heterocycles. The minimum absolute atomic E-state index is 0.0441. The summed E-state index contributed by atoms with van der Waals surface area (Å²) in [6.07, 6.45) is 4.65. The number of hydrogen-bond acceptors (Lipinski definition) is 7. The van der Waals surface area contributed by atoms with E-state index in [1.54, 1.807) is 0 Å². The second kappa shape index (κ2) is 7.97. The Morgan fingerprint density at radius 1 is 1.14 bits per heavy atom. The van der Waals surface area contributed by atoms with Gasteiger partial charge in [0.1, 0.15) is 0 Å². The van der Waals surface area contributed by atoms with Gasteiger partial charge in [0.25, 0.3) is 0 Å². The van der Waals surface area contributed by atoms with Crippen LogP contribution < -0.4 is 15.5 Å². The lowest BCUT2D eigenvalue weighted by molar-refractivity contribution is 0.281. The summed E-state index contributed by atoms with van der Waals surface area (Å²) >= 11 is 0. The van der Waals surface area contributed by atoms with Gasteiger partial charge in [0, 0.05) is 25.7 Å². The largest absolute Gasteiger partial charge is 0.394 e. The average Bonchev–Trinajstić information content (AvgIpc) is 2.53. The van der Waals surface area contributed by atoms with Gasteiger partial charge < -0.3 is 20.6 Å².